The molecular weight excluding hydrogens is 218 g/mol. The van der Waals surface area contributed by atoms with Gasteiger partial charge in [0.05, 0.1) is 22.3 Å². The number of nitrogens with one attached hydrogen (secondary N) is 1. The van der Waals surface area contributed by atoms with Crippen molar-refractivity contribution >= 4 is 16.1 Å². The quantitative estimate of drug-likeness (QED) is 0.556. The van der Waals surface area contributed by atoms with E-state index in [-0.39, 0.29) is 0 Å². The molecule has 1 unspecified atom stereocenters. The molecule has 0 aromatic carbocycles. The van der Waals surface area contributed by atoms with E-state index in [1.165, 1.54) is 0 Å². The normalized spacial score (nSPS) is 15.5. The molecule has 1 atom stereocenters. The van der Waals surface area contributed by atoms with E-state index < -0.39 is 22.3 Å². The second kappa shape index (κ2) is 5.43. The minimum Gasteiger partial charge on any atom is -0.388 e. The molecule has 0 amide bonds. The lowest BCUT2D eigenvalue weighted by molar-refractivity contribution is 0.220. The fourth-order valence-electron chi connectivity index (χ4n) is 2.23. The van der Waals surface area contributed by atoms with Crippen LogP contribution in [0.2, 0.25) is 39.3 Å². The molecule has 2 N–H and O–H groups in total. The van der Waals surface area contributed by atoms with Crippen LogP contribution in [0.25, 0.3) is 0 Å². The van der Waals surface area contributed by atoms with E-state index in [1.54, 1.807) is 6.08 Å². The summed E-state index contributed by atoms with van der Waals surface area (Å²) in [6.07, 6.45) is 1.18. The van der Waals surface area contributed by atoms with Crippen molar-refractivity contribution < 1.29 is 5.11 Å². The van der Waals surface area contributed by atoms with Crippen molar-refractivity contribution in [1.82, 2.24) is 5.32 Å². The van der Waals surface area contributed by atoms with Crippen molar-refractivity contribution in [2.45, 2.75) is 50.7 Å². The van der Waals surface area contributed by atoms with Crippen molar-refractivity contribution in [2.75, 3.05) is 6.54 Å². The third-order valence-corrected chi connectivity index (χ3v) is 11.6. The zero-order valence-corrected chi connectivity index (χ0v) is 13.1. The van der Waals surface area contributed by atoms with Crippen LogP contribution in [0, 0.1) is 0 Å². The molecule has 0 aliphatic carbocycles. The highest BCUT2D eigenvalue weighted by Crippen LogP contribution is 2.18. The topological polar surface area (TPSA) is 32.3 Å². The summed E-state index contributed by atoms with van der Waals surface area (Å²) in [7, 11) is -2.39. The predicted molar refractivity (Wildman–Crippen MR) is 74.7 cm³/mol. The Morgan fingerprint density at radius 1 is 1.13 bits per heavy atom. The summed E-state index contributed by atoms with van der Waals surface area (Å²) in [5, 5.41) is 13.7. The first-order valence-corrected chi connectivity index (χ1v) is 12.8. The molecule has 4 heteroatoms. The van der Waals surface area contributed by atoms with Gasteiger partial charge in [-0.1, -0.05) is 45.4 Å². The van der Waals surface area contributed by atoms with Crippen LogP contribution in [-0.2, 0) is 0 Å². The summed E-state index contributed by atoms with van der Waals surface area (Å²) in [5.41, 5.74) is 0. The van der Waals surface area contributed by atoms with Crippen molar-refractivity contribution in [2.24, 2.45) is 0 Å². The molecule has 15 heavy (non-hydrogen) atoms. The first kappa shape index (κ1) is 15.1. The van der Waals surface area contributed by atoms with Crippen LogP contribution in [0.3, 0.4) is 0 Å². The van der Waals surface area contributed by atoms with Gasteiger partial charge in [-0.05, 0) is 5.29 Å². The van der Waals surface area contributed by atoms with Gasteiger partial charge in [0, 0.05) is 6.54 Å². The molecule has 0 aliphatic heterocycles. The fraction of sp³-hybridized carbons (Fsp3) is 0.818. The monoisotopic (exact) mass is 245 g/mol. The molecular formula is C11H27NOSi2. The Morgan fingerprint density at radius 3 is 1.80 bits per heavy atom. The van der Waals surface area contributed by atoms with E-state index in [4.69, 9.17) is 0 Å². The fourth-order valence-corrected chi connectivity index (χ4v) is 14.1. The van der Waals surface area contributed by atoms with Crippen molar-refractivity contribution in [3.63, 3.8) is 0 Å². The van der Waals surface area contributed by atoms with Gasteiger partial charge in [0.1, 0.15) is 0 Å². The molecule has 0 radical (unpaired) electrons. The molecule has 0 aromatic heterocycles. The van der Waals surface area contributed by atoms with E-state index in [1.807, 2.05) is 0 Å². The largest absolute Gasteiger partial charge is 0.388 e. The summed E-state index contributed by atoms with van der Waals surface area (Å²) in [5.74, 6) is 0. The van der Waals surface area contributed by atoms with Gasteiger partial charge in [0.2, 0.25) is 0 Å². The van der Waals surface area contributed by atoms with Gasteiger partial charge in [0.25, 0.3) is 0 Å². The van der Waals surface area contributed by atoms with Gasteiger partial charge in [-0.2, -0.15) is 0 Å². The standard InChI is InChI=1S/C11H27NOSi2/c1-8-10(13)9-12-11(14(2,3)4)15(5,6)7/h8,10-13H,1,9H2,2-7H3. The van der Waals surface area contributed by atoms with Gasteiger partial charge >= 0.3 is 0 Å². The molecule has 0 bridgehead atoms. The molecule has 0 aliphatic rings. The van der Waals surface area contributed by atoms with E-state index in [2.05, 4.69) is 51.2 Å². The maximum absolute atomic E-state index is 9.49. The molecule has 0 rings (SSSR count). The van der Waals surface area contributed by atoms with Crippen LogP contribution in [0.15, 0.2) is 12.7 Å². The third kappa shape index (κ3) is 5.65. The summed E-state index contributed by atoms with van der Waals surface area (Å²) >= 11 is 0. The van der Waals surface area contributed by atoms with Gasteiger partial charge < -0.3 is 10.4 Å². The SMILES string of the molecule is C=CC(O)CNC([Si](C)(C)C)[Si](C)(C)C. The van der Waals surface area contributed by atoms with E-state index in [9.17, 15) is 5.11 Å². The minimum absolute atomic E-state index is 0.416. The predicted octanol–water partition coefficient (Wildman–Crippen LogP) is 2.25. The van der Waals surface area contributed by atoms with E-state index in [0.29, 0.717) is 11.8 Å². The molecule has 0 saturated heterocycles. The Bertz CT molecular complexity index is 192. The number of hydrogen-bond acceptors (Lipinski definition) is 2. The number of aliphatic hydroxyl groups excluding tert-OH is 1. The van der Waals surface area contributed by atoms with Crippen molar-refractivity contribution in [1.29, 1.82) is 0 Å². The highest BCUT2D eigenvalue weighted by molar-refractivity contribution is 6.96. The summed E-state index contributed by atoms with van der Waals surface area (Å²) in [6.45, 7) is 18.6. The molecule has 0 heterocycles. The molecule has 0 aromatic rings. The number of rotatable bonds is 6. The first-order chi connectivity index (χ1) is 6.59. The first-order valence-electron chi connectivity index (χ1n) is 5.63. The van der Waals surface area contributed by atoms with Gasteiger partial charge in [-0.3, -0.25) is 0 Å². The van der Waals surface area contributed by atoms with Crippen LogP contribution < -0.4 is 5.32 Å². The summed E-state index contributed by atoms with van der Waals surface area (Å²) < 4.78 is 0. The lowest BCUT2D eigenvalue weighted by atomic mass is 10.3. The van der Waals surface area contributed by atoms with Crippen molar-refractivity contribution in [3.8, 4) is 0 Å². The Hall–Kier alpha value is 0.0938. The van der Waals surface area contributed by atoms with E-state index in [0.717, 1.165) is 0 Å². The Balaban J connectivity index is 4.48. The molecule has 0 fully saturated rings. The van der Waals surface area contributed by atoms with Gasteiger partial charge in [-0.15, -0.1) is 6.58 Å². The van der Waals surface area contributed by atoms with Crippen LogP contribution in [0.5, 0.6) is 0 Å². The van der Waals surface area contributed by atoms with Gasteiger partial charge in [0.15, 0.2) is 0 Å². The zero-order valence-electron chi connectivity index (χ0n) is 11.1. The zero-order chi connectivity index (χ0) is 12.3. The summed E-state index contributed by atoms with van der Waals surface area (Å²) in [6, 6.07) is 0. The smallest absolute Gasteiger partial charge is 0.0842 e. The lowest BCUT2D eigenvalue weighted by Gasteiger charge is -2.39. The van der Waals surface area contributed by atoms with E-state index >= 15 is 0 Å². The minimum atomic E-state index is -1.20. The molecule has 90 valence electrons. The lowest BCUT2D eigenvalue weighted by Crippen LogP contribution is -2.62. The Labute approximate surface area is 96.8 Å². The summed E-state index contributed by atoms with van der Waals surface area (Å²) in [4.78, 5) is 0. The average molecular weight is 246 g/mol. The second-order valence-electron chi connectivity index (χ2n) is 6.38. The van der Waals surface area contributed by atoms with Crippen LogP contribution in [0.1, 0.15) is 0 Å². The molecule has 0 saturated carbocycles. The number of hydrogen-bond donors (Lipinski definition) is 2. The van der Waals surface area contributed by atoms with Crippen LogP contribution in [-0.4, -0.2) is 39.2 Å². The molecule has 0 spiro atoms. The maximum Gasteiger partial charge on any atom is 0.0842 e. The third-order valence-electron chi connectivity index (χ3n) is 2.54. The molecule has 2 nitrogen and oxygen atoms in total. The van der Waals surface area contributed by atoms with Crippen molar-refractivity contribution in [3.05, 3.63) is 12.7 Å². The average Bonchev–Trinajstić information content (AvgIpc) is 1.99. The van der Waals surface area contributed by atoms with Crippen LogP contribution >= 0.6 is 0 Å². The number of aliphatic hydroxyl groups is 1. The second-order valence-corrected chi connectivity index (χ2v) is 17.6. The van der Waals surface area contributed by atoms with Gasteiger partial charge in [-0.25, -0.2) is 0 Å². The maximum atomic E-state index is 9.49. The Morgan fingerprint density at radius 2 is 1.53 bits per heavy atom. The highest BCUT2D eigenvalue weighted by Gasteiger charge is 2.37. The van der Waals surface area contributed by atoms with Crippen LogP contribution in [0.4, 0.5) is 0 Å². The Kier molecular flexibility index (Phi) is 5.46. The highest BCUT2D eigenvalue weighted by atomic mass is 28.4.